The van der Waals surface area contributed by atoms with E-state index in [1.165, 1.54) is 6.07 Å². The van der Waals surface area contributed by atoms with E-state index in [2.05, 4.69) is 4.98 Å². The van der Waals surface area contributed by atoms with Gasteiger partial charge in [0.25, 0.3) is 10.0 Å². The number of aryl methyl sites for hydroxylation is 1. The average molecular weight is 467 g/mol. The van der Waals surface area contributed by atoms with Gasteiger partial charge in [-0.05, 0) is 37.1 Å². The third kappa shape index (κ3) is 5.25. The number of aliphatic hydroxyl groups excluding tert-OH is 1. The van der Waals surface area contributed by atoms with Crippen molar-refractivity contribution in [1.29, 1.82) is 0 Å². The summed E-state index contributed by atoms with van der Waals surface area (Å²) in [6.07, 6.45) is -4.71. The monoisotopic (exact) mass is 467 g/mol. The Balaban J connectivity index is 2.30. The molecule has 164 valence electrons. The van der Waals surface area contributed by atoms with Crippen molar-refractivity contribution in [3.8, 4) is 0 Å². The molecule has 14 heteroatoms. The van der Waals surface area contributed by atoms with Crippen LogP contribution in [0.5, 0.6) is 0 Å². The summed E-state index contributed by atoms with van der Waals surface area (Å²) in [4.78, 5) is 27.2. The van der Waals surface area contributed by atoms with Crippen LogP contribution in [0.2, 0.25) is 0 Å². The number of hydrogen-bond donors (Lipinski definition) is 4. The van der Waals surface area contributed by atoms with Crippen molar-refractivity contribution in [2.45, 2.75) is 30.7 Å². The van der Waals surface area contributed by atoms with Crippen LogP contribution < -0.4 is 10.0 Å². The number of carboxylic acid groups (broad SMARTS) is 1. The number of aromatic carboxylic acids is 1. The Labute approximate surface area is 172 Å². The number of rotatable bonds is 6. The number of carbonyl (C=O) groups excluding carboxylic acids is 1. The van der Waals surface area contributed by atoms with Crippen molar-refractivity contribution in [3.63, 3.8) is 0 Å². The van der Waals surface area contributed by atoms with E-state index >= 15 is 0 Å². The SMILES string of the molecule is Cc1cc(S(=O)(=O)NC(=O)Nc2cc(C(F)(F)F)c(C)c(C(=O)O)n2)sc1CCO. The predicted molar refractivity (Wildman–Crippen MR) is 100 cm³/mol. The van der Waals surface area contributed by atoms with Gasteiger partial charge in [-0.2, -0.15) is 13.2 Å². The van der Waals surface area contributed by atoms with Crippen LogP contribution in [0.15, 0.2) is 16.3 Å². The number of pyridine rings is 1. The van der Waals surface area contributed by atoms with Crippen LogP contribution in [0.25, 0.3) is 0 Å². The number of anilines is 1. The summed E-state index contributed by atoms with van der Waals surface area (Å²) in [5, 5.41) is 19.8. The maximum absolute atomic E-state index is 13.1. The van der Waals surface area contributed by atoms with Gasteiger partial charge in [-0.25, -0.2) is 27.7 Å². The van der Waals surface area contributed by atoms with Gasteiger partial charge in [0, 0.05) is 17.9 Å². The van der Waals surface area contributed by atoms with Crippen LogP contribution in [-0.2, 0) is 22.6 Å². The number of sulfonamides is 1. The van der Waals surface area contributed by atoms with Crippen LogP contribution in [0.3, 0.4) is 0 Å². The molecular weight excluding hydrogens is 451 g/mol. The van der Waals surface area contributed by atoms with Crippen molar-refractivity contribution in [1.82, 2.24) is 9.71 Å². The highest BCUT2D eigenvalue weighted by atomic mass is 32.2. The number of nitrogens with zero attached hydrogens (tertiary/aromatic N) is 1. The van der Waals surface area contributed by atoms with Gasteiger partial charge in [0.1, 0.15) is 10.0 Å². The predicted octanol–water partition coefficient (Wildman–Crippen LogP) is 2.52. The number of carboxylic acids is 1. The summed E-state index contributed by atoms with van der Waals surface area (Å²) in [6.45, 7) is 2.32. The van der Waals surface area contributed by atoms with Gasteiger partial charge in [0.15, 0.2) is 5.69 Å². The van der Waals surface area contributed by atoms with Gasteiger partial charge >= 0.3 is 18.2 Å². The minimum atomic E-state index is -4.92. The third-order valence-electron chi connectivity index (χ3n) is 3.85. The summed E-state index contributed by atoms with van der Waals surface area (Å²) in [7, 11) is -4.36. The van der Waals surface area contributed by atoms with Crippen molar-refractivity contribution in [3.05, 3.63) is 39.4 Å². The molecule has 30 heavy (non-hydrogen) atoms. The summed E-state index contributed by atoms with van der Waals surface area (Å²) in [5.41, 5.74) is -2.35. The highest BCUT2D eigenvalue weighted by molar-refractivity contribution is 7.92. The molecule has 2 aromatic heterocycles. The van der Waals surface area contributed by atoms with E-state index in [4.69, 9.17) is 10.2 Å². The third-order valence-corrected chi connectivity index (χ3v) is 6.95. The molecule has 0 fully saturated rings. The molecule has 0 aliphatic heterocycles. The summed E-state index contributed by atoms with van der Waals surface area (Å²) in [6, 6.07) is 0.257. The largest absolute Gasteiger partial charge is 0.477 e. The molecule has 0 saturated heterocycles. The number of halogens is 3. The van der Waals surface area contributed by atoms with E-state index in [0.717, 1.165) is 18.3 Å². The first-order valence-corrected chi connectivity index (χ1v) is 10.4. The van der Waals surface area contributed by atoms with Crippen LogP contribution in [0.4, 0.5) is 23.8 Å². The molecule has 2 heterocycles. The second-order valence-corrected chi connectivity index (χ2v) is 9.08. The molecule has 0 spiro atoms. The van der Waals surface area contributed by atoms with Crippen molar-refractivity contribution in [2.75, 3.05) is 11.9 Å². The van der Waals surface area contributed by atoms with Crippen LogP contribution >= 0.6 is 11.3 Å². The Morgan fingerprint density at radius 1 is 1.23 bits per heavy atom. The molecule has 0 bridgehead atoms. The number of urea groups is 1. The Morgan fingerprint density at radius 3 is 2.40 bits per heavy atom. The zero-order chi connectivity index (χ0) is 22.9. The lowest BCUT2D eigenvalue weighted by atomic mass is 10.1. The molecule has 2 rings (SSSR count). The highest BCUT2D eigenvalue weighted by Gasteiger charge is 2.35. The van der Waals surface area contributed by atoms with Crippen LogP contribution in [0, 0.1) is 13.8 Å². The summed E-state index contributed by atoms with van der Waals surface area (Å²) >= 11 is 0.821. The Hall–Kier alpha value is -2.71. The lowest BCUT2D eigenvalue weighted by molar-refractivity contribution is -0.138. The minimum Gasteiger partial charge on any atom is -0.477 e. The molecule has 0 aliphatic carbocycles. The molecule has 0 radical (unpaired) electrons. The Morgan fingerprint density at radius 2 is 1.87 bits per heavy atom. The first kappa shape index (κ1) is 23.6. The smallest absolute Gasteiger partial charge is 0.416 e. The van der Waals surface area contributed by atoms with Crippen molar-refractivity contribution < 1.29 is 41.4 Å². The van der Waals surface area contributed by atoms with E-state index in [1.54, 1.807) is 11.6 Å². The lowest BCUT2D eigenvalue weighted by Crippen LogP contribution is -2.34. The molecule has 0 unspecified atom stereocenters. The quantitative estimate of drug-likeness (QED) is 0.511. The fourth-order valence-corrected chi connectivity index (χ4v) is 4.95. The molecule has 9 nitrogen and oxygen atoms in total. The fraction of sp³-hybridized carbons (Fsp3) is 0.312. The molecule has 0 aromatic carbocycles. The second kappa shape index (κ2) is 8.57. The summed E-state index contributed by atoms with van der Waals surface area (Å²) in [5.74, 6) is -2.54. The number of alkyl halides is 3. The van der Waals surface area contributed by atoms with E-state index in [1.807, 2.05) is 5.32 Å². The standard InChI is InChI=1S/C16H16F3N3O6S2/c1-7-5-12(29-10(7)3-4-23)30(27,28)22-15(26)21-11-6-9(16(17,18)19)8(2)13(20-11)14(24)25/h5-6,23H,3-4H2,1-2H3,(H,24,25)(H2,20,21,22,26). The van der Waals surface area contributed by atoms with Gasteiger partial charge in [0.05, 0.1) is 5.56 Å². The minimum absolute atomic E-state index is 0.207. The van der Waals surface area contributed by atoms with Crippen molar-refractivity contribution >= 4 is 39.2 Å². The zero-order valence-electron chi connectivity index (χ0n) is 15.5. The van der Waals surface area contributed by atoms with E-state index in [0.29, 0.717) is 16.5 Å². The molecule has 0 saturated carbocycles. The molecular formula is C16H16F3N3O6S2. The van der Waals surface area contributed by atoms with Crippen LogP contribution in [0.1, 0.15) is 32.1 Å². The zero-order valence-corrected chi connectivity index (χ0v) is 17.1. The maximum atomic E-state index is 13.1. The molecule has 4 N–H and O–H groups in total. The molecule has 0 atom stereocenters. The van der Waals surface area contributed by atoms with E-state index in [-0.39, 0.29) is 17.2 Å². The lowest BCUT2D eigenvalue weighted by Gasteiger charge is -2.14. The first-order chi connectivity index (χ1) is 13.8. The Bertz CT molecular complexity index is 1100. The van der Waals surface area contributed by atoms with Crippen LogP contribution in [-0.4, -0.2) is 42.2 Å². The number of amides is 2. The number of nitrogens with one attached hydrogen (secondary N) is 2. The topological polar surface area (TPSA) is 146 Å². The molecule has 2 amide bonds. The number of carbonyl (C=O) groups is 2. The number of thiophene rings is 1. The van der Waals surface area contributed by atoms with Gasteiger partial charge < -0.3 is 10.2 Å². The Kier molecular flexibility index (Phi) is 6.73. The fourth-order valence-electron chi connectivity index (χ4n) is 2.46. The van der Waals surface area contributed by atoms with Gasteiger partial charge in [-0.15, -0.1) is 11.3 Å². The first-order valence-electron chi connectivity index (χ1n) is 8.12. The summed E-state index contributed by atoms with van der Waals surface area (Å²) < 4.78 is 65.5. The normalized spacial score (nSPS) is 11.9. The van der Waals surface area contributed by atoms with Gasteiger partial charge in [-0.1, -0.05) is 0 Å². The number of aromatic nitrogens is 1. The second-order valence-electron chi connectivity index (χ2n) is 6.04. The maximum Gasteiger partial charge on any atom is 0.416 e. The average Bonchev–Trinajstić information content (AvgIpc) is 2.96. The van der Waals surface area contributed by atoms with Gasteiger partial charge in [-0.3, -0.25) is 5.32 Å². The highest BCUT2D eigenvalue weighted by Crippen LogP contribution is 2.34. The van der Waals surface area contributed by atoms with E-state index in [9.17, 15) is 31.2 Å². The van der Waals surface area contributed by atoms with Crippen molar-refractivity contribution in [2.24, 2.45) is 0 Å². The van der Waals surface area contributed by atoms with Gasteiger partial charge in [0.2, 0.25) is 0 Å². The molecule has 2 aromatic rings. The number of aliphatic hydroxyl groups is 1. The number of hydrogen-bond acceptors (Lipinski definition) is 7. The molecule has 0 aliphatic rings. The van der Waals surface area contributed by atoms with E-state index < -0.39 is 50.8 Å².